The molecule has 0 fully saturated rings. The molecule has 2 aromatic carbocycles. The first-order valence-electron chi connectivity index (χ1n) is 7.51. The van der Waals surface area contributed by atoms with Crippen LogP contribution in [0.1, 0.15) is 18.1 Å². The highest BCUT2D eigenvalue weighted by Crippen LogP contribution is 2.14. The summed E-state index contributed by atoms with van der Waals surface area (Å²) in [5.41, 5.74) is 7.22. The van der Waals surface area contributed by atoms with Gasteiger partial charge in [0.1, 0.15) is 18.2 Å². The number of amides is 1. The Balaban J connectivity index is 1.77. The monoisotopic (exact) mass is 316 g/mol. The largest absolute Gasteiger partial charge is 0.489 e. The number of carbonyl (C=O) groups excluding carboxylic acids is 1. The highest BCUT2D eigenvalue weighted by molar-refractivity contribution is 5.76. The Morgan fingerprint density at radius 2 is 1.74 bits per heavy atom. The number of carbonyl (C=O) groups is 1. The number of nitrogens with two attached hydrogens (primary N) is 1. The maximum Gasteiger partial charge on any atom is 0.221 e. The second kappa shape index (κ2) is 8.29. The second-order valence-electron chi connectivity index (χ2n) is 5.49. The maximum absolute atomic E-state index is 12.8. The lowest BCUT2D eigenvalue weighted by molar-refractivity contribution is -0.121. The summed E-state index contributed by atoms with van der Waals surface area (Å²) in [5, 5.41) is 3.19. The fraction of sp³-hybridized carbons (Fsp3) is 0.278. The van der Waals surface area contributed by atoms with Crippen molar-refractivity contribution in [2.24, 2.45) is 11.7 Å². The molecule has 122 valence electrons. The number of ether oxygens (including phenoxy) is 1. The third-order valence-corrected chi connectivity index (χ3v) is 3.51. The van der Waals surface area contributed by atoms with Gasteiger partial charge in [0.15, 0.2) is 0 Å². The summed E-state index contributed by atoms with van der Waals surface area (Å²) in [4.78, 5) is 10.9. The minimum Gasteiger partial charge on any atom is -0.489 e. The molecule has 2 rings (SSSR count). The average Bonchev–Trinajstić information content (AvgIpc) is 2.55. The Morgan fingerprint density at radius 1 is 1.13 bits per heavy atom. The smallest absolute Gasteiger partial charge is 0.221 e. The van der Waals surface area contributed by atoms with Crippen molar-refractivity contribution in [1.29, 1.82) is 0 Å². The van der Waals surface area contributed by atoms with Gasteiger partial charge in [-0.2, -0.15) is 0 Å². The van der Waals surface area contributed by atoms with E-state index in [9.17, 15) is 9.18 Å². The number of hydrogen-bond donors (Lipinski definition) is 2. The van der Waals surface area contributed by atoms with Crippen molar-refractivity contribution < 1.29 is 13.9 Å². The molecule has 0 heterocycles. The van der Waals surface area contributed by atoms with E-state index in [2.05, 4.69) is 5.32 Å². The summed E-state index contributed by atoms with van der Waals surface area (Å²) >= 11 is 0. The molecule has 0 radical (unpaired) electrons. The van der Waals surface area contributed by atoms with Crippen molar-refractivity contribution >= 4 is 5.91 Å². The number of halogens is 1. The van der Waals surface area contributed by atoms with Crippen LogP contribution in [0.4, 0.5) is 4.39 Å². The predicted molar refractivity (Wildman–Crippen MR) is 87.2 cm³/mol. The van der Waals surface area contributed by atoms with Crippen molar-refractivity contribution in [1.82, 2.24) is 5.32 Å². The standard InChI is InChI=1S/C18H21FN2O2/c1-13(18(20)22)10-21-11-14-4-8-17(9-5-14)23-12-15-2-6-16(19)7-3-15/h2-9,13,21H,10-12H2,1H3,(H2,20,22). The Hall–Kier alpha value is -2.40. The van der Waals surface area contributed by atoms with Gasteiger partial charge in [0.05, 0.1) is 0 Å². The molecule has 23 heavy (non-hydrogen) atoms. The second-order valence-corrected chi connectivity index (χ2v) is 5.49. The number of nitrogens with one attached hydrogen (secondary N) is 1. The summed E-state index contributed by atoms with van der Waals surface area (Å²) in [5.74, 6) is 0.00944. The van der Waals surface area contributed by atoms with E-state index in [0.29, 0.717) is 19.7 Å². The quantitative estimate of drug-likeness (QED) is 0.787. The van der Waals surface area contributed by atoms with Gasteiger partial charge >= 0.3 is 0 Å². The topological polar surface area (TPSA) is 64.3 Å². The van der Waals surface area contributed by atoms with Crippen LogP contribution in [-0.2, 0) is 17.9 Å². The number of primary amides is 1. The molecule has 0 aromatic heterocycles. The van der Waals surface area contributed by atoms with Crippen molar-refractivity contribution in [3.63, 3.8) is 0 Å². The van der Waals surface area contributed by atoms with E-state index in [4.69, 9.17) is 10.5 Å². The van der Waals surface area contributed by atoms with Crippen molar-refractivity contribution in [3.05, 3.63) is 65.5 Å². The fourth-order valence-corrected chi connectivity index (χ4v) is 1.98. The van der Waals surface area contributed by atoms with E-state index in [1.165, 1.54) is 12.1 Å². The van der Waals surface area contributed by atoms with Crippen LogP contribution >= 0.6 is 0 Å². The first kappa shape index (κ1) is 17.0. The van der Waals surface area contributed by atoms with Crippen LogP contribution in [0.2, 0.25) is 0 Å². The lowest BCUT2D eigenvalue weighted by Crippen LogP contribution is -2.30. The van der Waals surface area contributed by atoms with Crippen LogP contribution in [0.25, 0.3) is 0 Å². The van der Waals surface area contributed by atoms with Gasteiger partial charge < -0.3 is 15.8 Å². The third kappa shape index (κ3) is 5.71. The summed E-state index contributed by atoms with van der Waals surface area (Å²) in [7, 11) is 0. The fourth-order valence-electron chi connectivity index (χ4n) is 1.98. The normalized spacial score (nSPS) is 11.9. The van der Waals surface area contributed by atoms with Crippen LogP contribution in [0.5, 0.6) is 5.75 Å². The van der Waals surface area contributed by atoms with Crippen molar-refractivity contribution in [3.8, 4) is 5.75 Å². The van der Waals surface area contributed by atoms with Gasteiger partial charge in [-0.3, -0.25) is 4.79 Å². The lowest BCUT2D eigenvalue weighted by Gasteiger charge is -2.10. The van der Waals surface area contributed by atoms with E-state index in [0.717, 1.165) is 16.9 Å². The van der Waals surface area contributed by atoms with Gasteiger partial charge in [-0.1, -0.05) is 31.2 Å². The molecular weight excluding hydrogens is 295 g/mol. The predicted octanol–water partition coefficient (Wildman–Crippen LogP) is 2.62. The molecule has 0 saturated heterocycles. The first-order valence-corrected chi connectivity index (χ1v) is 7.51. The SMILES string of the molecule is CC(CNCc1ccc(OCc2ccc(F)cc2)cc1)C(N)=O. The van der Waals surface area contributed by atoms with E-state index in [-0.39, 0.29) is 17.6 Å². The number of hydrogen-bond acceptors (Lipinski definition) is 3. The third-order valence-electron chi connectivity index (χ3n) is 3.51. The zero-order chi connectivity index (χ0) is 16.7. The molecular formula is C18H21FN2O2. The Bertz CT molecular complexity index is 626. The number of benzene rings is 2. The number of rotatable bonds is 8. The Kier molecular flexibility index (Phi) is 6.11. The molecule has 0 saturated carbocycles. The lowest BCUT2D eigenvalue weighted by atomic mass is 10.1. The maximum atomic E-state index is 12.8. The van der Waals surface area contributed by atoms with E-state index in [1.54, 1.807) is 19.1 Å². The van der Waals surface area contributed by atoms with Crippen LogP contribution in [0.15, 0.2) is 48.5 Å². The van der Waals surface area contributed by atoms with Gasteiger partial charge in [0.2, 0.25) is 5.91 Å². The van der Waals surface area contributed by atoms with Gasteiger partial charge in [-0.25, -0.2) is 4.39 Å². The summed E-state index contributed by atoms with van der Waals surface area (Å²) < 4.78 is 18.5. The van der Waals surface area contributed by atoms with Crippen molar-refractivity contribution in [2.45, 2.75) is 20.1 Å². The molecule has 0 spiro atoms. The molecule has 0 aliphatic carbocycles. The van der Waals surface area contributed by atoms with Gasteiger partial charge in [-0.05, 0) is 35.4 Å². The van der Waals surface area contributed by atoms with Crippen LogP contribution in [0.3, 0.4) is 0 Å². The van der Waals surface area contributed by atoms with Gasteiger partial charge in [-0.15, -0.1) is 0 Å². The molecule has 1 atom stereocenters. The summed E-state index contributed by atoms with van der Waals surface area (Å²) in [6.07, 6.45) is 0. The molecule has 1 unspecified atom stereocenters. The molecule has 2 aromatic rings. The van der Waals surface area contributed by atoms with Crippen molar-refractivity contribution in [2.75, 3.05) is 6.54 Å². The molecule has 1 amide bonds. The molecule has 5 heteroatoms. The molecule has 3 N–H and O–H groups in total. The zero-order valence-electron chi connectivity index (χ0n) is 13.1. The molecule has 4 nitrogen and oxygen atoms in total. The highest BCUT2D eigenvalue weighted by atomic mass is 19.1. The molecule has 0 aliphatic heterocycles. The summed E-state index contributed by atoms with van der Waals surface area (Å²) in [6.45, 7) is 3.41. The van der Waals surface area contributed by atoms with E-state index in [1.807, 2.05) is 24.3 Å². The van der Waals surface area contributed by atoms with Gasteiger partial charge in [0.25, 0.3) is 0 Å². The molecule has 0 bridgehead atoms. The van der Waals surface area contributed by atoms with Gasteiger partial charge in [0, 0.05) is 19.0 Å². The Morgan fingerprint density at radius 3 is 2.35 bits per heavy atom. The average molecular weight is 316 g/mol. The highest BCUT2D eigenvalue weighted by Gasteiger charge is 2.07. The first-order chi connectivity index (χ1) is 11.0. The van der Waals surface area contributed by atoms with E-state index < -0.39 is 0 Å². The molecule has 0 aliphatic rings. The van der Waals surface area contributed by atoms with Crippen LogP contribution in [0, 0.1) is 11.7 Å². The van der Waals surface area contributed by atoms with E-state index >= 15 is 0 Å². The summed E-state index contributed by atoms with van der Waals surface area (Å²) in [6, 6.07) is 13.9. The minimum atomic E-state index is -0.304. The van der Waals surface area contributed by atoms with Crippen LogP contribution < -0.4 is 15.8 Å². The Labute approximate surface area is 135 Å². The zero-order valence-corrected chi connectivity index (χ0v) is 13.1. The van der Waals surface area contributed by atoms with Crippen LogP contribution in [-0.4, -0.2) is 12.5 Å². The minimum absolute atomic E-state index is 0.187.